The van der Waals surface area contributed by atoms with Crippen molar-refractivity contribution in [2.45, 2.75) is 18.4 Å². The minimum atomic E-state index is -5.19. The first-order valence-corrected chi connectivity index (χ1v) is 9.94. The smallest absolute Gasteiger partial charge is 0.430 e. The summed E-state index contributed by atoms with van der Waals surface area (Å²) in [7, 11) is 0. The zero-order valence-corrected chi connectivity index (χ0v) is 17.9. The van der Waals surface area contributed by atoms with Crippen LogP contribution in [0.25, 0.3) is 16.8 Å². The van der Waals surface area contributed by atoms with Crippen molar-refractivity contribution in [3.8, 4) is 11.3 Å². The van der Waals surface area contributed by atoms with Crippen LogP contribution in [0.3, 0.4) is 0 Å². The van der Waals surface area contributed by atoms with Crippen LogP contribution in [0.5, 0.6) is 0 Å². The van der Waals surface area contributed by atoms with Gasteiger partial charge in [-0.1, -0.05) is 6.07 Å². The second-order valence-corrected chi connectivity index (χ2v) is 7.11. The van der Waals surface area contributed by atoms with Crippen molar-refractivity contribution < 1.29 is 50.4 Å². The number of nitrogens with zero attached hydrogens (tertiary/aromatic N) is 2. The van der Waals surface area contributed by atoms with Crippen LogP contribution in [-0.4, -0.2) is 34.2 Å². The number of halogens is 6. The number of nitrogens with one attached hydrogen (secondary N) is 3. The lowest BCUT2D eigenvalue weighted by atomic mass is 10.1. The molecular formula is C22H16F6N5O3+. The van der Waals surface area contributed by atoms with Crippen LogP contribution >= 0.6 is 0 Å². The summed E-state index contributed by atoms with van der Waals surface area (Å²) in [4.78, 5) is 31.2. The Morgan fingerprint density at radius 2 is 1.69 bits per heavy atom. The van der Waals surface area contributed by atoms with Crippen LogP contribution in [0.15, 0.2) is 73.4 Å². The minimum absolute atomic E-state index is 0.0124. The van der Waals surface area contributed by atoms with Crippen LogP contribution in [0.2, 0.25) is 0 Å². The SMILES string of the molecule is O=C(NC(c1ccc[nH+]c1)C(F)(F)F)c1[nH]c(-c2ccncc2)c2cccc[n+]12.O=C([O-])C(F)(F)F. The van der Waals surface area contributed by atoms with Gasteiger partial charge >= 0.3 is 24.1 Å². The number of rotatable bonds is 4. The molecule has 0 saturated heterocycles. The molecule has 3 N–H and O–H groups in total. The molecule has 0 fully saturated rings. The van der Waals surface area contributed by atoms with Gasteiger partial charge in [0.2, 0.25) is 0 Å². The maximum absolute atomic E-state index is 13.6. The molecule has 4 aromatic heterocycles. The maximum atomic E-state index is 13.6. The van der Waals surface area contributed by atoms with Crippen LogP contribution in [-0.2, 0) is 4.79 Å². The number of H-pyrrole nitrogens is 2. The summed E-state index contributed by atoms with van der Waals surface area (Å²) in [5.74, 6) is -3.90. The maximum Gasteiger partial charge on any atom is 0.430 e. The highest BCUT2D eigenvalue weighted by molar-refractivity contribution is 5.91. The predicted molar refractivity (Wildman–Crippen MR) is 108 cm³/mol. The van der Waals surface area contributed by atoms with E-state index in [4.69, 9.17) is 9.90 Å². The van der Waals surface area contributed by atoms with E-state index in [2.05, 4.69) is 20.3 Å². The first-order valence-electron chi connectivity index (χ1n) is 9.94. The third kappa shape index (κ3) is 6.14. The fourth-order valence-corrected chi connectivity index (χ4v) is 3.13. The highest BCUT2D eigenvalue weighted by Gasteiger charge is 2.44. The standard InChI is InChI=1S/C20H14F3N5O.C2HF3O2/c21-20(22,23)17(14-4-3-8-25-12-14)27-19(29)18-26-16(13-6-9-24-10-7-13)15-5-1-2-11-28(15)18;3-2(4,5)1(6)7/h1-12,17H,(H,27,29);(H,6,7)/p+1. The van der Waals surface area contributed by atoms with Crippen LogP contribution in [0, 0.1) is 0 Å². The van der Waals surface area contributed by atoms with Gasteiger partial charge in [0, 0.05) is 29.6 Å². The molecule has 4 aromatic rings. The summed E-state index contributed by atoms with van der Waals surface area (Å²) in [5.41, 5.74) is 1.92. The number of aromatic nitrogens is 4. The first kappa shape index (κ1) is 26.1. The number of carboxylic acid groups (broad SMARTS) is 1. The zero-order chi connectivity index (χ0) is 26.5. The number of aromatic amines is 2. The number of amides is 1. The lowest BCUT2D eigenvalue weighted by molar-refractivity contribution is -0.514. The van der Waals surface area contributed by atoms with Crippen molar-refractivity contribution in [3.05, 3.63) is 84.8 Å². The largest absolute Gasteiger partial charge is 0.542 e. The van der Waals surface area contributed by atoms with Crippen molar-refractivity contribution in [2.24, 2.45) is 0 Å². The van der Waals surface area contributed by atoms with Crippen molar-refractivity contribution in [2.75, 3.05) is 0 Å². The van der Waals surface area contributed by atoms with E-state index in [1.165, 1.54) is 28.9 Å². The Kier molecular flexibility index (Phi) is 7.56. The fraction of sp³-hybridized carbons (Fsp3) is 0.136. The summed E-state index contributed by atoms with van der Waals surface area (Å²) >= 11 is 0. The van der Waals surface area contributed by atoms with Gasteiger partial charge in [-0.05, 0) is 30.3 Å². The monoisotopic (exact) mass is 512 g/mol. The van der Waals surface area contributed by atoms with Gasteiger partial charge in [-0.15, -0.1) is 0 Å². The van der Waals surface area contributed by atoms with Gasteiger partial charge in [-0.2, -0.15) is 30.7 Å². The molecule has 0 spiro atoms. The molecule has 4 rings (SSSR count). The van der Waals surface area contributed by atoms with Crippen LogP contribution < -0.4 is 19.8 Å². The number of carboxylic acids is 1. The van der Waals surface area contributed by atoms with Gasteiger partial charge in [0.25, 0.3) is 0 Å². The number of pyridine rings is 3. The van der Waals surface area contributed by atoms with Crippen molar-refractivity contribution in [3.63, 3.8) is 0 Å². The van der Waals surface area contributed by atoms with Gasteiger partial charge in [-0.3, -0.25) is 9.78 Å². The molecular weight excluding hydrogens is 496 g/mol. The quantitative estimate of drug-likeness (QED) is 0.321. The zero-order valence-electron chi connectivity index (χ0n) is 17.9. The number of hydrogen-bond acceptors (Lipinski definition) is 4. The van der Waals surface area contributed by atoms with E-state index in [-0.39, 0.29) is 11.4 Å². The predicted octanol–water partition coefficient (Wildman–Crippen LogP) is 1.96. The molecule has 0 radical (unpaired) electrons. The van der Waals surface area contributed by atoms with Gasteiger partial charge in [0.05, 0.1) is 6.20 Å². The lowest BCUT2D eigenvalue weighted by Crippen LogP contribution is -2.42. The Morgan fingerprint density at radius 1 is 1.03 bits per heavy atom. The molecule has 1 unspecified atom stereocenters. The molecule has 36 heavy (non-hydrogen) atoms. The van der Waals surface area contributed by atoms with Gasteiger partial charge in [-0.25, -0.2) is 9.97 Å². The summed E-state index contributed by atoms with van der Waals surface area (Å²) in [6.07, 6.45) is -2.34. The van der Waals surface area contributed by atoms with Crippen LogP contribution in [0.4, 0.5) is 26.3 Å². The summed E-state index contributed by atoms with van der Waals surface area (Å²) in [6.45, 7) is 0. The molecule has 8 nitrogen and oxygen atoms in total. The van der Waals surface area contributed by atoms with Crippen molar-refractivity contribution in [1.29, 1.82) is 0 Å². The second kappa shape index (κ2) is 10.4. The number of carbonyl (C=O) groups is 2. The minimum Gasteiger partial charge on any atom is -0.542 e. The van der Waals surface area contributed by atoms with Gasteiger partial charge < -0.3 is 15.2 Å². The Morgan fingerprint density at radius 3 is 2.25 bits per heavy atom. The number of aliphatic carboxylic acids is 1. The molecule has 0 aliphatic carbocycles. The second-order valence-electron chi connectivity index (χ2n) is 7.11. The summed E-state index contributed by atoms with van der Waals surface area (Å²) in [6, 6.07) is 9.35. The van der Waals surface area contributed by atoms with E-state index >= 15 is 0 Å². The number of fused-ring (bicyclic) bond motifs is 1. The molecule has 0 aliphatic rings. The van der Waals surface area contributed by atoms with E-state index < -0.39 is 30.3 Å². The lowest BCUT2D eigenvalue weighted by Gasteiger charge is -2.19. The Bertz CT molecular complexity index is 1340. The summed E-state index contributed by atoms with van der Waals surface area (Å²) in [5, 5.41) is 10.9. The molecule has 1 amide bonds. The summed E-state index contributed by atoms with van der Waals surface area (Å²) < 4.78 is 73.9. The molecule has 188 valence electrons. The topological polar surface area (TPSA) is 116 Å². The molecule has 1 atom stereocenters. The molecule has 0 aromatic carbocycles. The number of alkyl halides is 6. The Balaban J connectivity index is 0.000000454. The average molecular weight is 512 g/mol. The molecule has 0 aliphatic heterocycles. The Labute approximate surface area is 198 Å². The van der Waals surface area contributed by atoms with Crippen molar-refractivity contribution in [1.82, 2.24) is 15.3 Å². The normalized spacial score (nSPS) is 12.4. The molecule has 0 saturated carbocycles. The highest BCUT2D eigenvalue weighted by Crippen LogP contribution is 2.32. The third-order valence-corrected chi connectivity index (χ3v) is 4.68. The van der Waals surface area contributed by atoms with Crippen LogP contribution in [0.1, 0.15) is 22.2 Å². The average Bonchev–Trinajstić information content (AvgIpc) is 3.22. The number of hydrogen-bond donors (Lipinski definition) is 2. The van der Waals surface area contributed by atoms with Gasteiger partial charge in [0.15, 0.2) is 29.6 Å². The fourth-order valence-electron chi connectivity index (χ4n) is 3.13. The Hall–Kier alpha value is -4.49. The van der Waals surface area contributed by atoms with E-state index in [0.29, 0.717) is 11.2 Å². The van der Waals surface area contributed by atoms with E-state index in [0.717, 1.165) is 5.56 Å². The van der Waals surface area contributed by atoms with E-state index in [1.807, 2.05) is 0 Å². The highest BCUT2D eigenvalue weighted by atomic mass is 19.4. The molecule has 14 heteroatoms. The van der Waals surface area contributed by atoms with E-state index in [9.17, 15) is 31.1 Å². The molecule has 4 heterocycles. The number of imidazole rings is 1. The molecule has 0 bridgehead atoms. The number of carbonyl (C=O) groups excluding carboxylic acids is 2. The van der Waals surface area contributed by atoms with E-state index in [1.54, 1.807) is 48.9 Å². The first-order chi connectivity index (χ1) is 16.9. The van der Waals surface area contributed by atoms with Gasteiger partial charge in [0.1, 0.15) is 5.97 Å². The van der Waals surface area contributed by atoms with Crippen molar-refractivity contribution >= 4 is 17.4 Å². The third-order valence-electron chi connectivity index (χ3n) is 4.68.